The Hall–Kier alpha value is -2.60. The van der Waals surface area contributed by atoms with Crippen LogP contribution in [0.1, 0.15) is 32.0 Å². The van der Waals surface area contributed by atoms with Crippen molar-refractivity contribution in [3.63, 3.8) is 0 Å². The minimum atomic E-state index is -0.931. The molecule has 6 heteroatoms. The van der Waals surface area contributed by atoms with Crippen LogP contribution >= 0.6 is 0 Å². The van der Waals surface area contributed by atoms with Gasteiger partial charge in [0, 0.05) is 26.3 Å². The summed E-state index contributed by atoms with van der Waals surface area (Å²) >= 11 is 0. The van der Waals surface area contributed by atoms with Crippen LogP contribution in [0.2, 0.25) is 0 Å². The molecular weight excluding hydrogens is 284 g/mol. The maximum absolute atomic E-state index is 11.5. The van der Waals surface area contributed by atoms with E-state index in [0.717, 1.165) is 11.1 Å². The summed E-state index contributed by atoms with van der Waals surface area (Å²) in [5, 5.41) is 12.1. The van der Waals surface area contributed by atoms with Gasteiger partial charge in [-0.05, 0) is 29.3 Å². The number of carboxylic acid groups (broad SMARTS) is 1. The van der Waals surface area contributed by atoms with Gasteiger partial charge in [-0.15, -0.1) is 0 Å². The van der Waals surface area contributed by atoms with Crippen molar-refractivity contribution in [2.24, 2.45) is 7.05 Å². The molecule has 0 fully saturated rings. The van der Waals surface area contributed by atoms with Gasteiger partial charge in [0.25, 0.3) is 0 Å². The van der Waals surface area contributed by atoms with Gasteiger partial charge in [0.05, 0.1) is 12.7 Å². The fourth-order valence-electron chi connectivity index (χ4n) is 2.15. The Bertz CT molecular complexity index is 674. The zero-order chi connectivity index (χ0) is 16.1. The lowest BCUT2D eigenvalue weighted by Crippen LogP contribution is -2.12. The van der Waals surface area contributed by atoms with Crippen molar-refractivity contribution in [1.82, 2.24) is 9.88 Å². The number of nitrogens with one attached hydrogen (secondary N) is 1. The summed E-state index contributed by atoms with van der Waals surface area (Å²) in [5.41, 5.74) is 2.75. The van der Waals surface area contributed by atoms with Crippen molar-refractivity contribution in [1.29, 1.82) is 0 Å². The van der Waals surface area contributed by atoms with E-state index in [0.29, 0.717) is 18.8 Å². The van der Waals surface area contributed by atoms with Gasteiger partial charge in [-0.25, -0.2) is 9.59 Å². The molecular formula is C16H18N2O4. The highest BCUT2D eigenvalue weighted by atomic mass is 16.5. The zero-order valence-corrected chi connectivity index (χ0v) is 12.5. The van der Waals surface area contributed by atoms with Crippen molar-refractivity contribution >= 4 is 11.9 Å². The lowest BCUT2D eigenvalue weighted by molar-refractivity contribution is 0.0589. The van der Waals surface area contributed by atoms with Crippen molar-refractivity contribution < 1.29 is 19.4 Å². The molecule has 2 aromatic rings. The molecule has 22 heavy (non-hydrogen) atoms. The number of methoxy groups -OCH3 is 1. The van der Waals surface area contributed by atoms with Crippen LogP contribution in [0.25, 0.3) is 0 Å². The topological polar surface area (TPSA) is 80.6 Å². The van der Waals surface area contributed by atoms with Crippen LogP contribution in [0.3, 0.4) is 0 Å². The minimum Gasteiger partial charge on any atom is -0.478 e. The third-order valence-electron chi connectivity index (χ3n) is 3.32. The number of carboxylic acids is 1. The molecule has 0 atom stereocenters. The molecule has 0 aliphatic carbocycles. The third-order valence-corrected chi connectivity index (χ3v) is 3.32. The van der Waals surface area contributed by atoms with Gasteiger partial charge in [0.15, 0.2) is 0 Å². The summed E-state index contributed by atoms with van der Waals surface area (Å²) in [6.07, 6.45) is 1.87. The Morgan fingerprint density at radius 3 is 2.41 bits per heavy atom. The third kappa shape index (κ3) is 3.73. The lowest BCUT2D eigenvalue weighted by atomic mass is 10.1. The van der Waals surface area contributed by atoms with E-state index in [2.05, 4.69) is 5.32 Å². The van der Waals surface area contributed by atoms with Crippen LogP contribution in [0.15, 0.2) is 36.5 Å². The molecule has 0 saturated heterocycles. The standard InChI is InChI=1S/C16H18N2O4/c1-18-10-12(7-14(18)16(21)22-2)9-17-8-11-3-5-13(6-4-11)15(19)20/h3-7,10,17H,8-9H2,1-2H3,(H,19,20). The average Bonchev–Trinajstić information content (AvgIpc) is 2.88. The van der Waals surface area contributed by atoms with E-state index in [1.54, 1.807) is 41.9 Å². The van der Waals surface area contributed by atoms with Crippen molar-refractivity contribution in [3.8, 4) is 0 Å². The maximum Gasteiger partial charge on any atom is 0.354 e. The minimum absolute atomic E-state index is 0.273. The first kappa shape index (κ1) is 15.8. The molecule has 1 heterocycles. The number of nitrogens with zero attached hydrogens (tertiary/aromatic N) is 1. The second-order valence-corrected chi connectivity index (χ2v) is 4.94. The fraction of sp³-hybridized carbons (Fsp3) is 0.250. The fourth-order valence-corrected chi connectivity index (χ4v) is 2.15. The number of benzene rings is 1. The first-order chi connectivity index (χ1) is 10.5. The number of rotatable bonds is 6. The summed E-state index contributed by atoms with van der Waals surface area (Å²) in [6, 6.07) is 8.50. The number of carbonyl (C=O) groups is 2. The van der Waals surface area contributed by atoms with E-state index in [9.17, 15) is 9.59 Å². The number of ether oxygens (including phenoxy) is 1. The largest absolute Gasteiger partial charge is 0.478 e. The second kappa shape index (κ2) is 6.91. The predicted molar refractivity (Wildman–Crippen MR) is 80.7 cm³/mol. The van der Waals surface area contributed by atoms with Crippen LogP contribution < -0.4 is 5.32 Å². The van der Waals surface area contributed by atoms with E-state index in [-0.39, 0.29) is 11.5 Å². The molecule has 1 aromatic heterocycles. The van der Waals surface area contributed by atoms with Crippen molar-refractivity contribution in [3.05, 3.63) is 58.9 Å². The highest BCUT2D eigenvalue weighted by Gasteiger charge is 2.11. The van der Waals surface area contributed by atoms with E-state index in [1.165, 1.54) is 7.11 Å². The highest BCUT2D eigenvalue weighted by molar-refractivity contribution is 5.88. The number of hydrogen-bond acceptors (Lipinski definition) is 4. The normalized spacial score (nSPS) is 10.5. The second-order valence-electron chi connectivity index (χ2n) is 4.94. The molecule has 0 spiro atoms. The van der Waals surface area contributed by atoms with Gasteiger partial charge in [-0.1, -0.05) is 12.1 Å². The van der Waals surface area contributed by atoms with Gasteiger partial charge in [0.1, 0.15) is 5.69 Å². The van der Waals surface area contributed by atoms with Gasteiger partial charge in [0.2, 0.25) is 0 Å². The molecule has 0 aliphatic heterocycles. The van der Waals surface area contributed by atoms with Crippen LogP contribution in [0, 0.1) is 0 Å². The molecule has 2 rings (SSSR count). The average molecular weight is 302 g/mol. The van der Waals surface area contributed by atoms with Crippen LogP contribution in [0.4, 0.5) is 0 Å². The molecule has 0 unspecified atom stereocenters. The molecule has 2 N–H and O–H groups in total. The highest BCUT2D eigenvalue weighted by Crippen LogP contribution is 2.09. The van der Waals surface area contributed by atoms with Crippen LogP contribution in [0.5, 0.6) is 0 Å². The summed E-state index contributed by atoms with van der Waals surface area (Å²) in [5.74, 6) is -1.29. The molecule has 0 saturated carbocycles. The van der Waals surface area contributed by atoms with E-state index >= 15 is 0 Å². The Labute approximate surface area is 128 Å². The van der Waals surface area contributed by atoms with Gasteiger partial charge in [-0.2, -0.15) is 0 Å². The predicted octanol–water partition coefficient (Wildman–Crippen LogP) is 1.80. The lowest BCUT2D eigenvalue weighted by Gasteiger charge is -2.04. The molecule has 0 bridgehead atoms. The maximum atomic E-state index is 11.5. The van der Waals surface area contributed by atoms with E-state index in [1.807, 2.05) is 6.20 Å². The van der Waals surface area contributed by atoms with Gasteiger partial charge < -0.3 is 19.7 Å². The molecule has 1 aromatic carbocycles. The number of esters is 1. The number of aryl methyl sites for hydroxylation is 1. The molecule has 0 amide bonds. The Morgan fingerprint density at radius 2 is 1.82 bits per heavy atom. The SMILES string of the molecule is COC(=O)c1cc(CNCc2ccc(C(=O)O)cc2)cn1C. The first-order valence-corrected chi connectivity index (χ1v) is 6.77. The summed E-state index contributed by atoms with van der Waals surface area (Å²) in [4.78, 5) is 22.3. The molecule has 0 aliphatic rings. The Kier molecular flexibility index (Phi) is 4.95. The van der Waals surface area contributed by atoms with Crippen LogP contribution in [-0.4, -0.2) is 28.7 Å². The number of carbonyl (C=O) groups excluding carboxylic acids is 1. The van der Waals surface area contributed by atoms with Gasteiger partial charge >= 0.3 is 11.9 Å². The number of aromatic nitrogens is 1. The first-order valence-electron chi connectivity index (χ1n) is 6.77. The summed E-state index contributed by atoms with van der Waals surface area (Å²) < 4.78 is 6.43. The van der Waals surface area contributed by atoms with E-state index < -0.39 is 5.97 Å². The van der Waals surface area contributed by atoms with Crippen molar-refractivity contribution in [2.75, 3.05) is 7.11 Å². The van der Waals surface area contributed by atoms with E-state index in [4.69, 9.17) is 9.84 Å². The smallest absolute Gasteiger partial charge is 0.354 e. The zero-order valence-electron chi connectivity index (χ0n) is 12.5. The van der Waals surface area contributed by atoms with Crippen molar-refractivity contribution in [2.45, 2.75) is 13.1 Å². The Balaban J connectivity index is 1.91. The molecule has 116 valence electrons. The molecule has 0 radical (unpaired) electrons. The Morgan fingerprint density at radius 1 is 1.18 bits per heavy atom. The van der Waals surface area contributed by atoms with Gasteiger partial charge in [-0.3, -0.25) is 0 Å². The van der Waals surface area contributed by atoms with Crippen LogP contribution in [-0.2, 0) is 24.9 Å². The summed E-state index contributed by atoms with van der Waals surface area (Å²) in [7, 11) is 3.15. The summed E-state index contributed by atoms with van der Waals surface area (Å²) in [6.45, 7) is 1.22. The number of hydrogen-bond donors (Lipinski definition) is 2. The molecule has 6 nitrogen and oxygen atoms in total. The quantitative estimate of drug-likeness (QED) is 0.795. The number of aromatic carboxylic acids is 1. The monoisotopic (exact) mass is 302 g/mol.